The summed E-state index contributed by atoms with van der Waals surface area (Å²) in [5.74, 6) is -1.23. The molecule has 0 spiro atoms. The zero-order chi connectivity index (χ0) is 9.14. The largest absolute Gasteiger partial charge is 0.387 e. The number of aliphatic hydroxyl groups excluding tert-OH is 1. The molecule has 66 valence electrons. The molecule has 0 saturated carbocycles. The zero-order valence-corrected chi connectivity index (χ0v) is 6.30. The van der Waals surface area contributed by atoms with E-state index in [9.17, 15) is 8.78 Å². The van der Waals surface area contributed by atoms with Crippen molar-refractivity contribution in [1.82, 2.24) is 0 Å². The van der Waals surface area contributed by atoms with Crippen molar-refractivity contribution in [2.75, 3.05) is 6.54 Å². The zero-order valence-electron chi connectivity index (χ0n) is 6.30. The van der Waals surface area contributed by atoms with Crippen molar-refractivity contribution in [3.63, 3.8) is 0 Å². The predicted molar refractivity (Wildman–Crippen MR) is 40.4 cm³/mol. The topological polar surface area (TPSA) is 46.2 Å². The number of halogens is 2. The van der Waals surface area contributed by atoms with Crippen molar-refractivity contribution >= 4 is 0 Å². The smallest absolute Gasteiger partial charge is 0.129 e. The predicted octanol–water partition coefficient (Wildman–Crippen LogP) is 0.957. The molecule has 0 heterocycles. The van der Waals surface area contributed by atoms with E-state index in [2.05, 4.69) is 0 Å². The molecule has 1 rings (SSSR count). The summed E-state index contributed by atoms with van der Waals surface area (Å²) in [5, 5.41) is 9.10. The van der Waals surface area contributed by atoms with Crippen LogP contribution < -0.4 is 5.73 Å². The van der Waals surface area contributed by atoms with Gasteiger partial charge in [-0.2, -0.15) is 0 Å². The molecule has 0 aliphatic rings. The average molecular weight is 173 g/mol. The third-order valence-corrected chi connectivity index (χ3v) is 1.54. The van der Waals surface area contributed by atoms with Crippen LogP contribution in [0, 0.1) is 11.6 Å². The first kappa shape index (κ1) is 9.09. The van der Waals surface area contributed by atoms with E-state index in [1.807, 2.05) is 0 Å². The van der Waals surface area contributed by atoms with Gasteiger partial charge in [-0.25, -0.2) is 8.78 Å². The van der Waals surface area contributed by atoms with Crippen LogP contribution in [0.15, 0.2) is 18.2 Å². The lowest BCUT2D eigenvalue weighted by molar-refractivity contribution is 0.181. The first-order valence-corrected chi connectivity index (χ1v) is 3.48. The van der Waals surface area contributed by atoms with Gasteiger partial charge in [-0.05, 0) is 18.2 Å². The fraction of sp³-hybridized carbons (Fsp3) is 0.250. The summed E-state index contributed by atoms with van der Waals surface area (Å²) in [6.07, 6.45) is -1.14. The van der Waals surface area contributed by atoms with Gasteiger partial charge in [-0.1, -0.05) is 0 Å². The van der Waals surface area contributed by atoms with Crippen LogP contribution in [0.25, 0.3) is 0 Å². The third-order valence-electron chi connectivity index (χ3n) is 1.54. The van der Waals surface area contributed by atoms with Gasteiger partial charge in [0.2, 0.25) is 0 Å². The first-order valence-electron chi connectivity index (χ1n) is 3.48. The number of hydrogen-bond acceptors (Lipinski definition) is 2. The van der Waals surface area contributed by atoms with Crippen molar-refractivity contribution in [2.24, 2.45) is 5.73 Å². The number of hydrogen-bond donors (Lipinski definition) is 2. The second kappa shape index (κ2) is 3.60. The maximum atomic E-state index is 12.8. The first-order chi connectivity index (χ1) is 5.65. The highest BCUT2D eigenvalue weighted by Crippen LogP contribution is 2.16. The van der Waals surface area contributed by atoms with Crippen LogP contribution in [0.1, 0.15) is 11.7 Å². The van der Waals surface area contributed by atoms with E-state index in [4.69, 9.17) is 10.8 Å². The Kier molecular flexibility index (Phi) is 2.73. The summed E-state index contributed by atoms with van der Waals surface area (Å²) in [4.78, 5) is 0. The number of rotatable bonds is 2. The van der Waals surface area contributed by atoms with E-state index in [0.717, 1.165) is 18.2 Å². The van der Waals surface area contributed by atoms with Gasteiger partial charge >= 0.3 is 0 Å². The third kappa shape index (κ3) is 1.78. The molecule has 0 saturated heterocycles. The van der Waals surface area contributed by atoms with Crippen molar-refractivity contribution in [1.29, 1.82) is 0 Å². The van der Waals surface area contributed by atoms with E-state index in [1.165, 1.54) is 0 Å². The fourth-order valence-corrected chi connectivity index (χ4v) is 0.897. The summed E-state index contributed by atoms with van der Waals surface area (Å²) in [7, 11) is 0. The van der Waals surface area contributed by atoms with E-state index >= 15 is 0 Å². The lowest BCUT2D eigenvalue weighted by Crippen LogP contribution is -2.13. The minimum absolute atomic E-state index is 0.0995. The van der Waals surface area contributed by atoms with Gasteiger partial charge in [0.15, 0.2) is 0 Å². The van der Waals surface area contributed by atoms with Gasteiger partial charge in [0, 0.05) is 12.1 Å². The molecule has 0 amide bonds. The van der Waals surface area contributed by atoms with Crippen LogP contribution in [-0.4, -0.2) is 11.7 Å². The molecule has 4 heteroatoms. The van der Waals surface area contributed by atoms with E-state index in [0.29, 0.717) is 0 Å². The highest BCUT2D eigenvalue weighted by molar-refractivity contribution is 5.21. The van der Waals surface area contributed by atoms with Gasteiger partial charge < -0.3 is 10.8 Å². The standard InChI is InChI=1S/C8H9F2NO/c9-5-1-2-7(10)6(3-5)8(12)4-11/h1-3,8,12H,4,11H2/t8-/m1/s1. The molecule has 1 atom stereocenters. The Hall–Kier alpha value is -1.00. The van der Waals surface area contributed by atoms with E-state index in [-0.39, 0.29) is 12.1 Å². The van der Waals surface area contributed by atoms with Crippen LogP contribution in [0.5, 0.6) is 0 Å². The second-order valence-electron chi connectivity index (χ2n) is 2.42. The molecule has 2 nitrogen and oxygen atoms in total. The summed E-state index contributed by atoms with van der Waals surface area (Å²) in [5.41, 5.74) is 4.98. The Morgan fingerprint density at radius 1 is 1.42 bits per heavy atom. The fourth-order valence-electron chi connectivity index (χ4n) is 0.897. The average Bonchev–Trinajstić information content (AvgIpc) is 2.08. The van der Waals surface area contributed by atoms with Crippen LogP contribution >= 0.6 is 0 Å². The number of aliphatic hydroxyl groups is 1. The minimum atomic E-state index is -1.14. The molecule has 0 radical (unpaired) electrons. The summed E-state index contributed by atoms with van der Waals surface area (Å²) in [6.45, 7) is -0.125. The van der Waals surface area contributed by atoms with Gasteiger partial charge in [0.25, 0.3) is 0 Å². The van der Waals surface area contributed by atoms with Crippen molar-refractivity contribution < 1.29 is 13.9 Å². The summed E-state index contributed by atoms with van der Waals surface area (Å²) >= 11 is 0. The molecule has 0 fully saturated rings. The van der Waals surface area contributed by atoms with E-state index < -0.39 is 17.7 Å². The number of nitrogens with two attached hydrogens (primary N) is 1. The molecule has 0 bridgehead atoms. The molecule has 0 unspecified atom stereocenters. The minimum Gasteiger partial charge on any atom is -0.387 e. The second-order valence-corrected chi connectivity index (χ2v) is 2.42. The Morgan fingerprint density at radius 2 is 2.08 bits per heavy atom. The highest BCUT2D eigenvalue weighted by atomic mass is 19.1. The summed E-state index contributed by atoms with van der Waals surface area (Å²) < 4.78 is 25.4. The van der Waals surface area contributed by atoms with Crippen molar-refractivity contribution in [3.8, 4) is 0 Å². The Balaban J connectivity index is 3.04. The maximum Gasteiger partial charge on any atom is 0.129 e. The molecule has 0 aromatic heterocycles. The Morgan fingerprint density at radius 3 is 2.67 bits per heavy atom. The van der Waals surface area contributed by atoms with Crippen LogP contribution in [0.4, 0.5) is 8.78 Å². The molecule has 12 heavy (non-hydrogen) atoms. The summed E-state index contributed by atoms with van der Waals surface area (Å²) in [6, 6.07) is 2.89. The Bertz CT molecular complexity index is 278. The Labute approximate surface area is 68.6 Å². The molecule has 0 aliphatic carbocycles. The van der Waals surface area contributed by atoms with Crippen LogP contribution in [0.3, 0.4) is 0 Å². The molecular weight excluding hydrogens is 164 g/mol. The van der Waals surface area contributed by atoms with Gasteiger partial charge in [0.05, 0.1) is 6.10 Å². The van der Waals surface area contributed by atoms with Gasteiger partial charge in [-0.3, -0.25) is 0 Å². The molecular formula is C8H9F2NO. The maximum absolute atomic E-state index is 12.8. The quantitative estimate of drug-likeness (QED) is 0.699. The highest BCUT2D eigenvalue weighted by Gasteiger charge is 2.11. The van der Waals surface area contributed by atoms with Gasteiger partial charge in [0.1, 0.15) is 11.6 Å². The lowest BCUT2D eigenvalue weighted by Gasteiger charge is -2.08. The monoisotopic (exact) mass is 173 g/mol. The van der Waals surface area contributed by atoms with Crippen LogP contribution in [0.2, 0.25) is 0 Å². The SMILES string of the molecule is NC[C@@H](O)c1cc(F)ccc1F. The van der Waals surface area contributed by atoms with E-state index in [1.54, 1.807) is 0 Å². The lowest BCUT2D eigenvalue weighted by atomic mass is 10.1. The van der Waals surface area contributed by atoms with Crippen molar-refractivity contribution in [2.45, 2.75) is 6.10 Å². The number of benzene rings is 1. The van der Waals surface area contributed by atoms with Crippen molar-refractivity contribution in [3.05, 3.63) is 35.4 Å². The molecule has 3 N–H and O–H groups in total. The van der Waals surface area contributed by atoms with Crippen LogP contribution in [-0.2, 0) is 0 Å². The normalized spacial score (nSPS) is 13.0. The van der Waals surface area contributed by atoms with Gasteiger partial charge in [-0.15, -0.1) is 0 Å². The molecule has 1 aromatic rings. The molecule has 1 aromatic carbocycles. The molecule has 0 aliphatic heterocycles.